The van der Waals surface area contributed by atoms with Gasteiger partial charge in [0.2, 0.25) is 5.75 Å². The quantitative estimate of drug-likeness (QED) is 0.0174. The summed E-state index contributed by atoms with van der Waals surface area (Å²) in [5, 5.41) is 10.8. The van der Waals surface area contributed by atoms with Crippen LogP contribution in [0.2, 0.25) is 0 Å². The minimum absolute atomic E-state index is 0. The van der Waals surface area contributed by atoms with Gasteiger partial charge < -0.3 is 47.4 Å². The third-order valence-electron chi connectivity index (χ3n) is 26.4. The summed E-state index contributed by atoms with van der Waals surface area (Å²) in [4.78, 5) is 113. The zero-order valence-electron chi connectivity index (χ0n) is 72.4. The topological polar surface area (TPSA) is 272 Å². The number of Topliss-reactive ketones (excluding diaryl/α,β-unsaturated/α-hetero) is 2. The predicted octanol–water partition coefficient (Wildman–Crippen LogP) is 20.3. The van der Waals surface area contributed by atoms with E-state index in [4.69, 9.17) is 47.4 Å². The highest BCUT2D eigenvalue weighted by Gasteiger charge is 2.63. The second kappa shape index (κ2) is 46.4. The smallest absolute Gasteiger partial charge is 0.493 e. The van der Waals surface area contributed by atoms with Gasteiger partial charge in [-0.25, -0.2) is 19.2 Å². The van der Waals surface area contributed by atoms with Gasteiger partial charge in [-0.3, -0.25) is 29.3 Å². The van der Waals surface area contributed by atoms with Crippen LogP contribution in [0.3, 0.4) is 0 Å². The molecule has 8 saturated carbocycles. The number of nitro benzene ring substituents is 1. The maximum Gasteiger partial charge on any atom is 0.514 e. The second-order valence-electron chi connectivity index (χ2n) is 33.4. The lowest BCUT2D eigenvalue weighted by Crippen LogP contribution is -2.54. The number of benzene rings is 2. The molecule has 8 fully saturated rings. The van der Waals surface area contributed by atoms with Crippen molar-refractivity contribution in [3.63, 3.8) is 0 Å². The van der Waals surface area contributed by atoms with E-state index in [0.29, 0.717) is 64.5 Å². The standard InChI is InChI=1S/C76H62O14.C28H37NO6.25H2/c1-9-11-13-15-17-19-21-23-25-27-29-31-33-35-37-39-69(78)85-55-62(56-86-70(79)40-38-36-34-32-30-28-26-24-22-20-18-16-14-12-10-2)88-71(80)49-57(3)50-72(81)90-73-67(83-7)51-59(52-68(73)84-8)54-87-74(82)89-61-45-47-75(5)60(53-61)41-42-63-65-44-43-64(58(4)77)76(65,6)48-46-66(63)75;1-17(30)23-10-11-24-22-9-4-18-16-21(12-14-27(18,2)25(22)13-15-28(23,24)3)35-26(31)34-20-7-5-19(6-8-20)29(32)33;;;;;;;;;;;;;;;;;;;;;;;;;/h51-52,57,60-66H,41-50,53-56H2,1-8H3;5-8,18,21-25H,4,9-16H2,1-3H3;25*1H/t57?,60-,61+,63-,64+,65-,66-,75-,76+;18-,21+,22-,23+,24-,25-,27-,28+;;;;;;;;;;;;;;;;;;;;;;;;;/m00........................./s1. The number of ketones is 2. The molecular formula is C104H149NO20. The van der Waals surface area contributed by atoms with Crippen LogP contribution in [0.4, 0.5) is 15.3 Å². The van der Waals surface area contributed by atoms with Crippen LogP contribution < -0.4 is 18.9 Å². The van der Waals surface area contributed by atoms with Crippen molar-refractivity contribution in [3.05, 3.63) is 52.1 Å². The Morgan fingerprint density at radius 3 is 1.22 bits per heavy atom. The van der Waals surface area contributed by atoms with E-state index in [2.05, 4.69) is 217 Å². The Hall–Kier alpha value is -13.8. The van der Waals surface area contributed by atoms with Crippen LogP contribution in [-0.2, 0) is 63.8 Å². The second-order valence-corrected chi connectivity index (χ2v) is 33.4. The third-order valence-corrected chi connectivity index (χ3v) is 26.4. The Labute approximate surface area is 771 Å². The van der Waals surface area contributed by atoms with Crippen LogP contribution >= 0.6 is 0 Å². The van der Waals surface area contributed by atoms with Gasteiger partial charge >= 0.3 is 36.2 Å². The Balaban J connectivity index is -0.000000169. The van der Waals surface area contributed by atoms with Crippen LogP contribution in [0.25, 0.3) is 0 Å². The van der Waals surface area contributed by atoms with Crippen molar-refractivity contribution in [1.82, 2.24) is 0 Å². The molecule has 1 unspecified atom stereocenters. The zero-order chi connectivity index (χ0) is 89.9. The fraction of sp³-hybridized carbons (Fsp3) is 0.500. The maximum atomic E-state index is 13.4. The number of nitrogens with zero attached hydrogens (tertiary/aromatic N) is 1. The molecule has 8 aliphatic carbocycles. The molecule has 0 amide bonds. The van der Waals surface area contributed by atoms with Gasteiger partial charge in [0.05, 0.1) is 19.1 Å². The summed E-state index contributed by atoms with van der Waals surface area (Å²) in [6.07, 6.45) is 14.9. The first-order valence-electron chi connectivity index (χ1n) is 42.0. The van der Waals surface area contributed by atoms with Gasteiger partial charge in [-0.05, 0) is 414 Å². The summed E-state index contributed by atoms with van der Waals surface area (Å²) in [6, 6.07) is 8.53. The minimum Gasteiger partial charge on any atom is -0.493 e. The van der Waals surface area contributed by atoms with E-state index in [1.54, 1.807) is 46.8 Å². The molecule has 21 nitrogen and oxygen atoms in total. The fourth-order valence-electron chi connectivity index (χ4n) is 20.9. The van der Waals surface area contributed by atoms with Gasteiger partial charge in [-0.15, -0.1) is 0 Å². The van der Waals surface area contributed by atoms with Crippen LogP contribution in [0.5, 0.6) is 23.0 Å². The molecule has 0 aromatic heterocycles. The lowest BCUT2D eigenvalue weighted by molar-refractivity contribution is -0.384. The number of ether oxygens (including phenoxy) is 10. The number of esters is 4. The van der Waals surface area contributed by atoms with Crippen molar-refractivity contribution in [1.29, 1.82) is 0 Å². The average molecular weight is 1730 g/mol. The van der Waals surface area contributed by atoms with E-state index in [1.807, 2.05) is 0 Å². The summed E-state index contributed by atoms with van der Waals surface area (Å²) in [6.45, 7) is 16.7. The molecule has 0 N–H and O–H groups in total. The van der Waals surface area contributed by atoms with Gasteiger partial charge in [0, 0.05) is 84.3 Å². The molecule has 0 radical (unpaired) electrons. The predicted molar refractivity (Wildman–Crippen MR) is 515 cm³/mol. The molecule has 2 aromatic carbocycles. The van der Waals surface area contributed by atoms with Crippen LogP contribution in [0, 0.1) is 286 Å². The minimum atomic E-state index is -1.36. The third kappa shape index (κ3) is 26.3. The number of methoxy groups -OCH3 is 2. The zero-order valence-corrected chi connectivity index (χ0v) is 72.4. The number of hydrogen-bond acceptors (Lipinski definition) is 20. The van der Waals surface area contributed by atoms with Crippen LogP contribution in [0.15, 0.2) is 36.4 Å². The van der Waals surface area contributed by atoms with Gasteiger partial charge in [-0.1, -0.05) is 46.5 Å². The summed E-state index contributed by atoms with van der Waals surface area (Å²) in [5.74, 6) is 80.0. The number of fused-ring (bicyclic) bond motifs is 10. The largest absolute Gasteiger partial charge is 0.514 e. The monoisotopic (exact) mass is 1730 g/mol. The van der Waals surface area contributed by atoms with Crippen molar-refractivity contribution in [2.45, 2.75) is 216 Å². The maximum absolute atomic E-state index is 13.4. The van der Waals surface area contributed by atoms with Crippen molar-refractivity contribution in [2.24, 2.45) is 86.8 Å². The molecule has 0 aliphatic heterocycles. The van der Waals surface area contributed by atoms with E-state index in [1.165, 1.54) is 57.7 Å². The molecule has 8 aliphatic rings. The highest BCUT2D eigenvalue weighted by atomic mass is 16.7. The number of hydrogen-bond donors (Lipinski definition) is 0. The molecule has 10 rings (SSSR count). The molecule has 17 atom stereocenters. The molecule has 2 aromatic rings. The first-order valence-corrected chi connectivity index (χ1v) is 42.0. The first-order chi connectivity index (χ1) is 60.2. The van der Waals surface area contributed by atoms with Crippen molar-refractivity contribution in [2.75, 3.05) is 27.4 Å². The average Bonchev–Trinajstić information content (AvgIpc) is 1.48. The summed E-state index contributed by atoms with van der Waals surface area (Å²) >= 11 is 0. The van der Waals surface area contributed by atoms with Crippen molar-refractivity contribution in [3.8, 4) is 212 Å². The summed E-state index contributed by atoms with van der Waals surface area (Å²) < 4.78 is 55.1. The fourth-order valence-corrected chi connectivity index (χ4v) is 20.9. The Kier molecular flexibility index (Phi) is 35.3. The first kappa shape index (κ1) is 95.0. The molecule has 0 spiro atoms. The Bertz CT molecular complexity index is 5530. The van der Waals surface area contributed by atoms with E-state index in [-0.39, 0.29) is 130 Å². The Morgan fingerprint density at radius 2 is 0.832 bits per heavy atom. The molecule has 21 heteroatoms. The highest BCUT2D eigenvalue weighted by molar-refractivity contribution is 5.90. The SMILES string of the molecule is CC#CC#CC#CC#CC#CC#CC#CC#CC(=O)OCC(COC(=O)C#CC#CC#CC#CC#CC#CC#CC#CC)OC(=O)CC(C)CC(=O)Oc1c(OC)cc(COC(=O)O[C@@H]2CC[C@@]3(C)[C@@H](CC[C@@H]4[C@@H]3CC[C@]3(C)[C@@H](C(C)=O)CC[C@@H]43)C2)cc1OC.CC(=O)[C@H]1CC[C@H]2[C@@H]3CC[C@H]4C[C@H](OC(=O)Oc5ccc([N+](=O)[O-])cc5)CC[C@]4(C)[C@H]3CC[C@]12C.[HH].[HH].[HH].[HH].[HH].[HH].[HH].[HH].[HH].[HH].[HH].[HH].[HH].[HH].[HH].[HH].[HH].[HH].[HH].[HH].[HH].[HH].[HH].[HH].[HH]. The number of non-ortho nitro benzene ring substituents is 1. The number of carbonyl (C=O) groups excluding carboxylic acids is 8. The summed E-state index contributed by atoms with van der Waals surface area (Å²) in [5.41, 5.74) is 1.13. The van der Waals surface area contributed by atoms with Gasteiger partial charge in [-0.2, -0.15) is 0 Å². The van der Waals surface area contributed by atoms with Crippen LogP contribution in [-0.4, -0.2) is 98.4 Å². The van der Waals surface area contributed by atoms with E-state index in [9.17, 15) is 48.5 Å². The lowest BCUT2D eigenvalue weighted by atomic mass is 9.44. The molecule has 0 bridgehead atoms. The highest BCUT2D eigenvalue weighted by Crippen LogP contribution is 2.69. The van der Waals surface area contributed by atoms with E-state index in [0.717, 1.165) is 96.3 Å². The van der Waals surface area contributed by atoms with Crippen molar-refractivity contribution < 1.29 is 126 Å². The molecule has 0 saturated heterocycles. The summed E-state index contributed by atoms with van der Waals surface area (Å²) in [7, 11) is 2.74. The van der Waals surface area contributed by atoms with E-state index >= 15 is 0 Å². The van der Waals surface area contributed by atoms with Gasteiger partial charge in [0.25, 0.3) is 5.69 Å². The molecule has 125 heavy (non-hydrogen) atoms. The van der Waals surface area contributed by atoms with Gasteiger partial charge in [0.1, 0.15) is 49.3 Å². The van der Waals surface area contributed by atoms with Crippen molar-refractivity contribution >= 4 is 53.4 Å². The van der Waals surface area contributed by atoms with Gasteiger partial charge in [0.15, 0.2) is 17.6 Å². The normalized spacial score (nSPS) is 25.7. The van der Waals surface area contributed by atoms with E-state index < -0.39 is 66.3 Å². The molecule has 690 valence electrons. The molecular weight excluding hydrogens is 1580 g/mol. The Morgan fingerprint density at radius 1 is 0.456 bits per heavy atom. The number of nitro groups is 1. The lowest BCUT2D eigenvalue weighted by Gasteiger charge is -2.61. The van der Waals surface area contributed by atoms with Crippen LogP contribution in [0.1, 0.15) is 232 Å². The number of carbonyl (C=O) groups is 8. The molecule has 0 heterocycles. The number of rotatable bonds is 20.